The van der Waals surface area contributed by atoms with Crippen LogP contribution in [0.4, 0.5) is 0 Å². The second kappa shape index (κ2) is 6.29. The zero-order valence-corrected chi connectivity index (χ0v) is 10.8. The highest BCUT2D eigenvalue weighted by Crippen LogP contribution is 2.11. The fraction of sp³-hybridized carbons (Fsp3) is 0.600. The molecule has 0 aliphatic rings. The number of aromatic nitrogens is 3. The Morgan fingerprint density at radius 3 is 2.88 bits per heavy atom. The quantitative estimate of drug-likeness (QED) is 0.721. The van der Waals surface area contributed by atoms with E-state index in [1.807, 2.05) is 6.92 Å². The molecule has 7 heteroatoms. The van der Waals surface area contributed by atoms with Gasteiger partial charge in [0.2, 0.25) is 5.91 Å². The molecule has 1 heterocycles. The number of amides is 1. The van der Waals surface area contributed by atoms with Gasteiger partial charge in [-0.2, -0.15) is 5.10 Å². The first kappa shape index (κ1) is 13.6. The molecule has 1 aromatic rings. The molecule has 0 bridgehead atoms. The third kappa shape index (κ3) is 3.77. The molecule has 6 nitrogen and oxygen atoms in total. The number of carbonyl (C=O) groups excluding carboxylic acids is 1. The lowest BCUT2D eigenvalue weighted by atomic mass is 10.0. The van der Waals surface area contributed by atoms with Crippen LogP contribution >= 0.6 is 12.2 Å². The van der Waals surface area contributed by atoms with Crippen LogP contribution in [0.5, 0.6) is 0 Å². The Morgan fingerprint density at radius 2 is 2.41 bits per heavy atom. The van der Waals surface area contributed by atoms with E-state index >= 15 is 0 Å². The average molecular weight is 255 g/mol. The zero-order chi connectivity index (χ0) is 12.8. The molecule has 94 valence electrons. The minimum atomic E-state index is -0.386. The van der Waals surface area contributed by atoms with Crippen LogP contribution in [0.25, 0.3) is 0 Å². The monoisotopic (exact) mass is 255 g/mol. The van der Waals surface area contributed by atoms with E-state index in [1.54, 1.807) is 11.9 Å². The number of aromatic amines is 1. The number of hydrogen-bond donors (Lipinski definition) is 2. The molecule has 0 fully saturated rings. The van der Waals surface area contributed by atoms with E-state index in [4.69, 9.17) is 18.0 Å². The zero-order valence-electron chi connectivity index (χ0n) is 10.0. The van der Waals surface area contributed by atoms with Crippen molar-refractivity contribution in [2.45, 2.75) is 26.3 Å². The molecule has 0 spiro atoms. The number of rotatable bonds is 6. The topological polar surface area (TPSA) is 87.9 Å². The molecule has 1 atom stereocenters. The van der Waals surface area contributed by atoms with Gasteiger partial charge in [0.05, 0.1) is 17.5 Å². The van der Waals surface area contributed by atoms with Gasteiger partial charge >= 0.3 is 0 Å². The molecule has 1 rings (SSSR count). The van der Waals surface area contributed by atoms with Crippen molar-refractivity contribution in [3.05, 3.63) is 12.2 Å². The molecule has 1 unspecified atom stereocenters. The van der Waals surface area contributed by atoms with Crippen LogP contribution in [0, 0.1) is 5.92 Å². The van der Waals surface area contributed by atoms with E-state index in [-0.39, 0.29) is 16.8 Å². The van der Waals surface area contributed by atoms with E-state index in [0.717, 1.165) is 6.42 Å². The molecule has 1 aromatic heterocycles. The van der Waals surface area contributed by atoms with Crippen molar-refractivity contribution in [2.24, 2.45) is 11.7 Å². The Labute approximate surface area is 106 Å². The third-order valence-electron chi connectivity index (χ3n) is 2.45. The van der Waals surface area contributed by atoms with Crippen LogP contribution in [0.3, 0.4) is 0 Å². The second-order valence-corrected chi connectivity index (χ2v) is 4.34. The summed E-state index contributed by atoms with van der Waals surface area (Å²) in [4.78, 5) is 17.9. The fourth-order valence-corrected chi connectivity index (χ4v) is 1.77. The van der Waals surface area contributed by atoms with Crippen molar-refractivity contribution in [1.82, 2.24) is 20.1 Å². The van der Waals surface area contributed by atoms with Crippen LogP contribution in [-0.2, 0) is 11.3 Å². The summed E-state index contributed by atoms with van der Waals surface area (Å²) in [6.45, 7) is 2.37. The minimum absolute atomic E-state index is 0.0734. The van der Waals surface area contributed by atoms with Crippen molar-refractivity contribution >= 4 is 23.1 Å². The maximum atomic E-state index is 12.1. The lowest BCUT2D eigenvalue weighted by Gasteiger charge is -2.21. The summed E-state index contributed by atoms with van der Waals surface area (Å²) >= 11 is 4.92. The normalized spacial score (nSPS) is 12.1. The second-order valence-electron chi connectivity index (χ2n) is 3.87. The van der Waals surface area contributed by atoms with E-state index < -0.39 is 0 Å². The van der Waals surface area contributed by atoms with Gasteiger partial charge in [0.25, 0.3) is 0 Å². The number of nitrogens with one attached hydrogen (secondary N) is 1. The van der Waals surface area contributed by atoms with E-state index in [2.05, 4.69) is 15.2 Å². The Kier molecular flexibility index (Phi) is 5.02. The molecule has 0 radical (unpaired) electrons. The van der Waals surface area contributed by atoms with Gasteiger partial charge in [-0.15, -0.1) is 0 Å². The number of carbonyl (C=O) groups is 1. The molecule has 0 aliphatic heterocycles. The maximum Gasteiger partial charge on any atom is 0.232 e. The maximum absolute atomic E-state index is 12.1. The predicted molar refractivity (Wildman–Crippen MR) is 68.0 cm³/mol. The van der Waals surface area contributed by atoms with E-state index in [1.165, 1.54) is 6.33 Å². The van der Waals surface area contributed by atoms with E-state index in [0.29, 0.717) is 18.8 Å². The summed E-state index contributed by atoms with van der Waals surface area (Å²) in [7, 11) is 1.70. The van der Waals surface area contributed by atoms with Gasteiger partial charge in [-0.3, -0.25) is 9.89 Å². The molecule has 0 aliphatic carbocycles. The SMILES string of the molecule is CCCC(C(=O)N(C)Cc1ncn[nH]1)C(N)=S. The molecule has 0 aromatic carbocycles. The largest absolute Gasteiger partial charge is 0.393 e. The Hall–Kier alpha value is -1.50. The predicted octanol–water partition coefficient (Wildman–Crippen LogP) is 0.466. The van der Waals surface area contributed by atoms with Crippen LogP contribution < -0.4 is 5.73 Å². The number of thiocarbonyl (C=S) groups is 1. The standard InChI is InChI=1S/C10H17N5OS/c1-3-4-7(9(11)17)10(16)15(2)5-8-12-6-13-14-8/h6-7H,3-5H2,1-2H3,(H2,11,17)(H,12,13,14). The Balaban J connectivity index is 2.63. The summed E-state index contributed by atoms with van der Waals surface area (Å²) in [5, 5.41) is 6.43. The Morgan fingerprint density at radius 1 is 1.71 bits per heavy atom. The summed E-state index contributed by atoms with van der Waals surface area (Å²) in [6.07, 6.45) is 2.95. The first-order valence-corrected chi connectivity index (χ1v) is 5.85. The first-order valence-electron chi connectivity index (χ1n) is 5.44. The lowest BCUT2D eigenvalue weighted by molar-refractivity contribution is -0.132. The number of H-pyrrole nitrogens is 1. The highest BCUT2D eigenvalue weighted by molar-refractivity contribution is 7.80. The summed E-state index contributed by atoms with van der Waals surface area (Å²) in [5.74, 6) is 0.178. The molecule has 17 heavy (non-hydrogen) atoms. The molecule has 0 saturated heterocycles. The molecule has 3 N–H and O–H groups in total. The minimum Gasteiger partial charge on any atom is -0.393 e. The van der Waals surface area contributed by atoms with E-state index in [9.17, 15) is 4.79 Å². The molecular formula is C10H17N5OS. The molecular weight excluding hydrogens is 238 g/mol. The van der Waals surface area contributed by atoms with Gasteiger partial charge in [-0.25, -0.2) is 4.98 Å². The van der Waals surface area contributed by atoms with Gasteiger partial charge in [0, 0.05) is 7.05 Å². The highest BCUT2D eigenvalue weighted by atomic mass is 32.1. The fourth-order valence-electron chi connectivity index (χ4n) is 1.55. The third-order valence-corrected chi connectivity index (χ3v) is 2.73. The summed E-state index contributed by atoms with van der Waals surface area (Å²) in [5.41, 5.74) is 5.58. The number of hydrogen-bond acceptors (Lipinski definition) is 4. The van der Waals surface area contributed by atoms with Gasteiger partial charge in [-0.1, -0.05) is 25.6 Å². The van der Waals surface area contributed by atoms with Gasteiger partial charge in [0.1, 0.15) is 12.2 Å². The lowest BCUT2D eigenvalue weighted by Crippen LogP contribution is -2.39. The Bertz CT molecular complexity index is 378. The van der Waals surface area contributed by atoms with Gasteiger partial charge in [0.15, 0.2) is 0 Å². The van der Waals surface area contributed by atoms with Crippen LogP contribution in [0.15, 0.2) is 6.33 Å². The van der Waals surface area contributed by atoms with Crippen LogP contribution in [0.2, 0.25) is 0 Å². The van der Waals surface area contributed by atoms with Crippen LogP contribution in [0.1, 0.15) is 25.6 Å². The first-order chi connectivity index (χ1) is 8.06. The van der Waals surface area contributed by atoms with Crippen molar-refractivity contribution < 1.29 is 4.79 Å². The van der Waals surface area contributed by atoms with Gasteiger partial charge < -0.3 is 10.6 Å². The van der Waals surface area contributed by atoms with Crippen molar-refractivity contribution in [3.63, 3.8) is 0 Å². The van der Waals surface area contributed by atoms with Gasteiger partial charge in [-0.05, 0) is 6.42 Å². The summed E-state index contributed by atoms with van der Waals surface area (Å²) < 4.78 is 0. The molecule has 0 saturated carbocycles. The van der Waals surface area contributed by atoms with Crippen molar-refractivity contribution in [2.75, 3.05) is 7.05 Å². The van der Waals surface area contributed by atoms with Crippen molar-refractivity contribution in [1.29, 1.82) is 0 Å². The highest BCUT2D eigenvalue weighted by Gasteiger charge is 2.24. The number of nitrogens with two attached hydrogens (primary N) is 1. The van der Waals surface area contributed by atoms with Crippen LogP contribution in [-0.4, -0.2) is 38.0 Å². The average Bonchev–Trinajstić information content (AvgIpc) is 2.77. The van der Waals surface area contributed by atoms with Crippen molar-refractivity contribution in [3.8, 4) is 0 Å². The number of nitrogens with zero attached hydrogens (tertiary/aromatic N) is 3. The summed E-state index contributed by atoms with van der Waals surface area (Å²) in [6, 6.07) is 0. The molecule has 1 amide bonds. The smallest absolute Gasteiger partial charge is 0.232 e.